The van der Waals surface area contributed by atoms with Gasteiger partial charge in [-0.3, -0.25) is 0 Å². The average molecular weight is 448 g/mol. The lowest BCUT2D eigenvalue weighted by atomic mass is 10.1. The Bertz CT molecular complexity index is 1240. The number of fused-ring (bicyclic) bond motifs is 1. The Balaban J connectivity index is 1.55. The lowest BCUT2D eigenvalue weighted by Crippen LogP contribution is -2.44. The predicted molar refractivity (Wildman–Crippen MR) is 109 cm³/mol. The molecule has 3 aromatic rings. The van der Waals surface area contributed by atoms with Crippen LogP contribution in [0.1, 0.15) is 18.5 Å². The minimum absolute atomic E-state index is 0.0843. The maximum Gasteiger partial charge on any atom is 0.407 e. The van der Waals surface area contributed by atoms with Crippen LogP contribution in [0, 0.1) is 5.82 Å². The largest absolute Gasteiger partial charge is 0.465 e. The molecular formula is C19H21FN6O4S. The Morgan fingerprint density at radius 3 is 2.68 bits per heavy atom. The van der Waals surface area contributed by atoms with Gasteiger partial charge in [0.25, 0.3) is 0 Å². The minimum Gasteiger partial charge on any atom is -0.465 e. The fourth-order valence-electron chi connectivity index (χ4n) is 3.62. The second-order valence-corrected chi connectivity index (χ2v) is 9.44. The number of likely N-dealkylation sites (tertiary alicyclic amines) is 1. The molecule has 31 heavy (non-hydrogen) atoms. The highest BCUT2D eigenvalue weighted by Crippen LogP contribution is 2.23. The van der Waals surface area contributed by atoms with Gasteiger partial charge in [0.05, 0.1) is 22.2 Å². The normalized spacial score (nSPS) is 15.5. The number of carbonyl (C=O) groups is 1. The van der Waals surface area contributed by atoms with Crippen LogP contribution in [0.3, 0.4) is 0 Å². The molecule has 164 valence electrons. The van der Waals surface area contributed by atoms with E-state index < -0.39 is 21.7 Å². The number of hydrogen-bond acceptors (Lipinski definition) is 7. The number of rotatable bonds is 5. The summed E-state index contributed by atoms with van der Waals surface area (Å²) in [4.78, 5) is 20.8. The van der Waals surface area contributed by atoms with Gasteiger partial charge in [0.15, 0.2) is 15.5 Å². The monoisotopic (exact) mass is 448 g/mol. The van der Waals surface area contributed by atoms with Crippen LogP contribution in [-0.2, 0) is 16.4 Å². The second-order valence-electron chi connectivity index (χ2n) is 7.42. The zero-order chi connectivity index (χ0) is 22.2. The topological polar surface area (TPSA) is 130 Å². The number of benzene rings is 1. The van der Waals surface area contributed by atoms with Crippen molar-refractivity contribution in [2.24, 2.45) is 0 Å². The average Bonchev–Trinajstić information content (AvgIpc) is 3.16. The van der Waals surface area contributed by atoms with E-state index in [9.17, 15) is 17.6 Å². The second kappa shape index (κ2) is 8.19. The molecule has 0 aliphatic carbocycles. The highest BCUT2D eigenvalue weighted by atomic mass is 32.2. The van der Waals surface area contributed by atoms with E-state index in [2.05, 4.69) is 20.4 Å². The number of aromatic nitrogens is 4. The fraction of sp³-hybridized carbons (Fsp3) is 0.368. The van der Waals surface area contributed by atoms with Crippen LogP contribution < -0.4 is 5.32 Å². The van der Waals surface area contributed by atoms with Crippen LogP contribution in [0.25, 0.3) is 16.7 Å². The molecule has 0 bridgehead atoms. The first-order chi connectivity index (χ1) is 14.7. The zero-order valence-electron chi connectivity index (χ0n) is 16.7. The van der Waals surface area contributed by atoms with E-state index in [1.807, 2.05) is 0 Å². The number of nitrogens with zero attached hydrogens (tertiary/aromatic N) is 5. The molecule has 1 amide bonds. The molecular weight excluding hydrogens is 427 g/mol. The Hall–Kier alpha value is -3.12. The van der Waals surface area contributed by atoms with Crippen LogP contribution in [0.15, 0.2) is 35.6 Å². The summed E-state index contributed by atoms with van der Waals surface area (Å²) in [6.07, 6.45) is 4.44. The van der Waals surface area contributed by atoms with Crippen LogP contribution in [0.4, 0.5) is 9.18 Å². The summed E-state index contributed by atoms with van der Waals surface area (Å²) in [7, 11) is -3.53. The molecule has 2 N–H and O–H groups in total. The van der Waals surface area contributed by atoms with Crippen LogP contribution in [0.5, 0.6) is 0 Å². The molecule has 0 unspecified atom stereocenters. The molecule has 2 aromatic heterocycles. The number of halogens is 1. The van der Waals surface area contributed by atoms with Crippen LogP contribution in [0.2, 0.25) is 0 Å². The number of carboxylic acid groups (broad SMARTS) is 1. The van der Waals surface area contributed by atoms with Crippen molar-refractivity contribution in [1.29, 1.82) is 0 Å². The Labute approximate surface area is 177 Å². The van der Waals surface area contributed by atoms with Gasteiger partial charge < -0.3 is 15.3 Å². The van der Waals surface area contributed by atoms with Gasteiger partial charge in [-0.05, 0) is 31.0 Å². The summed E-state index contributed by atoms with van der Waals surface area (Å²) in [6, 6.07) is 3.81. The van der Waals surface area contributed by atoms with E-state index in [1.165, 1.54) is 28.0 Å². The van der Waals surface area contributed by atoms with Gasteiger partial charge in [0.1, 0.15) is 17.8 Å². The first kappa shape index (κ1) is 21.1. The van der Waals surface area contributed by atoms with E-state index in [0.29, 0.717) is 49.2 Å². The summed E-state index contributed by atoms with van der Waals surface area (Å²) in [6.45, 7) is 1.39. The number of sulfone groups is 1. The van der Waals surface area contributed by atoms with Crippen molar-refractivity contribution < 1.29 is 22.7 Å². The number of piperidine rings is 1. The van der Waals surface area contributed by atoms with Gasteiger partial charge in [-0.1, -0.05) is 0 Å². The van der Waals surface area contributed by atoms with E-state index in [0.717, 1.165) is 12.3 Å². The summed E-state index contributed by atoms with van der Waals surface area (Å²) in [5.74, 6) is -0.726. The van der Waals surface area contributed by atoms with Crippen LogP contribution in [-0.4, -0.2) is 69.7 Å². The molecule has 0 radical (unpaired) electrons. The van der Waals surface area contributed by atoms with Gasteiger partial charge in [-0.15, -0.1) is 0 Å². The van der Waals surface area contributed by atoms with Crippen molar-refractivity contribution in [3.8, 4) is 5.69 Å². The highest BCUT2D eigenvalue weighted by Gasteiger charge is 2.22. The van der Waals surface area contributed by atoms with Gasteiger partial charge in [0.2, 0.25) is 0 Å². The van der Waals surface area contributed by atoms with E-state index >= 15 is 0 Å². The molecule has 4 rings (SSSR count). The quantitative estimate of drug-likeness (QED) is 0.602. The lowest BCUT2D eigenvalue weighted by molar-refractivity contribution is 0.129. The molecule has 3 heterocycles. The zero-order valence-corrected chi connectivity index (χ0v) is 17.5. The van der Waals surface area contributed by atoms with Gasteiger partial charge in [-0.25, -0.2) is 32.3 Å². The predicted octanol–water partition coefficient (Wildman–Crippen LogP) is 1.59. The third-order valence-electron chi connectivity index (χ3n) is 5.35. The summed E-state index contributed by atoms with van der Waals surface area (Å²) >= 11 is 0. The number of nitrogens with one attached hydrogen (secondary N) is 1. The third kappa shape index (κ3) is 4.35. The Morgan fingerprint density at radius 2 is 2.03 bits per heavy atom. The van der Waals surface area contributed by atoms with Gasteiger partial charge >= 0.3 is 6.09 Å². The van der Waals surface area contributed by atoms with Gasteiger partial charge in [0, 0.05) is 31.9 Å². The SMILES string of the molecule is CS(=O)(=O)c1ccc(-n2ncc3c(CNC4CCN(C(=O)O)CC4)ncnc32)c(F)c1. The maximum absolute atomic E-state index is 14.6. The first-order valence-electron chi connectivity index (χ1n) is 9.63. The molecule has 0 atom stereocenters. The van der Waals surface area contributed by atoms with Crippen molar-refractivity contribution in [3.63, 3.8) is 0 Å². The van der Waals surface area contributed by atoms with Crippen molar-refractivity contribution in [2.75, 3.05) is 19.3 Å². The molecule has 12 heteroatoms. The third-order valence-corrected chi connectivity index (χ3v) is 6.46. The smallest absolute Gasteiger partial charge is 0.407 e. The minimum atomic E-state index is -3.53. The summed E-state index contributed by atoms with van der Waals surface area (Å²) < 4.78 is 39.2. The van der Waals surface area contributed by atoms with E-state index in [4.69, 9.17) is 5.11 Å². The number of hydrogen-bond donors (Lipinski definition) is 2. The van der Waals surface area contributed by atoms with Crippen molar-refractivity contribution >= 4 is 27.0 Å². The highest BCUT2D eigenvalue weighted by molar-refractivity contribution is 7.90. The summed E-state index contributed by atoms with van der Waals surface area (Å²) in [5.41, 5.74) is 1.17. The van der Waals surface area contributed by atoms with E-state index in [-0.39, 0.29) is 16.6 Å². The maximum atomic E-state index is 14.6. The fourth-order valence-corrected chi connectivity index (χ4v) is 4.25. The molecule has 0 saturated carbocycles. The Kier molecular flexibility index (Phi) is 5.58. The standard InChI is InChI=1S/C19H21FN6O4S/c1-31(29,30)13-2-3-17(15(20)8-13)26-18-14(9-24-26)16(22-11-23-18)10-21-12-4-6-25(7-5-12)19(27)28/h2-3,8-9,11-12,21H,4-7,10H2,1H3,(H,27,28). The molecule has 1 aliphatic heterocycles. The molecule has 1 aliphatic rings. The first-order valence-corrected chi connectivity index (χ1v) is 11.5. The molecule has 1 fully saturated rings. The van der Waals surface area contributed by atoms with Crippen LogP contribution >= 0.6 is 0 Å². The van der Waals surface area contributed by atoms with Crippen molar-refractivity contribution in [1.82, 2.24) is 30.0 Å². The molecule has 1 saturated heterocycles. The van der Waals surface area contributed by atoms with E-state index in [1.54, 1.807) is 6.20 Å². The number of amides is 1. The van der Waals surface area contributed by atoms with Crippen molar-refractivity contribution in [2.45, 2.75) is 30.3 Å². The van der Waals surface area contributed by atoms with Gasteiger partial charge in [-0.2, -0.15) is 5.10 Å². The summed E-state index contributed by atoms with van der Waals surface area (Å²) in [5, 5.41) is 17.3. The lowest BCUT2D eigenvalue weighted by Gasteiger charge is -2.30. The molecule has 1 aromatic carbocycles. The molecule has 10 nitrogen and oxygen atoms in total. The van der Waals surface area contributed by atoms with Crippen molar-refractivity contribution in [3.05, 3.63) is 42.2 Å². The molecule has 0 spiro atoms. The Morgan fingerprint density at radius 1 is 1.29 bits per heavy atom.